The fourth-order valence-electron chi connectivity index (χ4n) is 3.60. The van der Waals surface area contributed by atoms with Crippen molar-refractivity contribution in [1.82, 2.24) is 10.6 Å². The highest BCUT2D eigenvalue weighted by atomic mass is 16.1. The molecule has 0 aromatic carbocycles. The summed E-state index contributed by atoms with van der Waals surface area (Å²) in [4.78, 5) is 12.3. The van der Waals surface area contributed by atoms with Crippen LogP contribution < -0.4 is 10.6 Å². The van der Waals surface area contributed by atoms with Crippen LogP contribution in [0.3, 0.4) is 0 Å². The molecule has 2 bridgehead atoms. The molecule has 1 amide bonds. The number of carbonyl (C=O) groups excluding carboxylic acids is 1. The van der Waals surface area contributed by atoms with E-state index in [2.05, 4.69) is 24.5 Å². The summed E-state index contributed by atoms with van der Waals surface area (Å²) in [5.74, 6) is 0.553. The number of rotatable bonds is 6. The summed E-state index contributed by atoms with van der Waals surface area (Å²) in [6, 6.07) is 1.74. The Labute approximate surface area is 111 Å². The fraction of sp³-hybridized carbons (Fsp3) is 0.933. The van der Waals surface area contributed by atoms with Crippen LogP contribution in [0.5, 0.6) is 0 Å². The minimum absolute atomic E-state index is 0.243. The lowest BCUT2D eigenvalue weighted by Crippen LogP contribution is -2.49. The highest BCUT2D eigenvalue weighted by Gasteiger charge is 2.34. The Bertz CT molecular complexity index is 262. The van der Waals surface area contributed by atoms with Crippen LogP contribution in [0.4, 0.5) is 0 Å². The van der Waals surface area contributed by atoms with Gasteiger partial charge in [0.1, 0.15) is 0 Å². The van der Waals surface area contributed by atoms with Crippen LogP contribution in [0.15, 0.2) is 0 Å². The summed E-state index contributed by atoms with van der Waals surface area (Å²) in [6.45, 7) is 4.33. The van der Waals surface area contributed by atoms with Crippen molar-refractivity contribution in [3.8, 4) is 0 Å². The molecule has 2 heterocycles. The Balaban J connectivity index is 1.82. The largest absolute Gasteiger partial charge is 0.353 e. The average molecular weight is 252 g/mol. The molecule has 0 radical (unpaired) electrons. The van der Waals surface area contributed by atoms with Crippen molar-refractivity contribution < 1.29 is 4.79 Å². The van der Waals surface area contributed by atoms with Gasteiger partial charge < -0.3 is 10.6 Å². The Kier molecular flexibility index (Phi) is 5.04. The van der Waals surface area contributed by atoms with Gasteiger partial charge in [0.2, 0.25) is 5.91 Å². The second-order valence-corrected chi connectivity index (χ2v) is 6.09. The molecule has 0 aromatic heterocycles. The van der Waals surface area contributed by atoms with Crippen LogP contribution >= 0.6 is 0 Å². The van der Waals surface area contributed by atoms with E-state index in [4.69, 9.17) is 0 Å². The second kappa shape index (κ2) is 6.55. The van der Waals surface area contributed by atoms with Crippen molar-refractivity contribution in [2.75, 3.05) is 0 Å². The van der Waals surface area contributed by atoms with E-state index in [-0.39, 0.29) is 5.92 Å². The first kappa shape index (κ1) is 13.9. The molecule has 18 heavy (non-hydrogen) atoms. The Morgan fingerprint density at radius 3 is 2.22 bits per heavy atom. The van der Waals surface area contributed by atoms with Crippen molar-refractivity contribution in [2.24, 2.45) is 5.92 Å². The summed E-state index contributed by atoms with van der Waals surface area (Å²) in [5, 5.41) is 6.93. The van der Waals surface area contributed by atoms with E-state index in [0.29, 0.717) is 24.0 Å². The molecule has 0 aromatic rings. The molecule has 0 saturated carbocycles. The number of piperidine rings is 1. The number of amides is 1. The van der Waals surface area contributed by atoms with Gasteiger partial charge in [0, 0.05) is 24.0 Å². The van der Waals surface area contributed by atoms with Gasteiger partial charge in [-0.15, -0.1) is 0 Å². The van der Waals surface area contributed by atoms with Crippen LogP contribution in [0, 0.1) is 5.92 Å². The van der Waals surface area contributed by atoms with Gasteiger partial charge >= 0.3 is 0 Å². The highest BCUT2D eigenvalue weighted by Crippen LogP contribution is 2.27. The van der Waals surface area contributed by atoms with E-state index < -0.39 is 0 Å². The maximum absolute atomic E-state index is 12.3. The zero-order valence-electron chi connectivity index (χ0n) is 11.9. The molecule has 2 saturated heterocycles. The van der Waals surface area contributed by atoms with Crippen LogP contribution in [-0.4, -0.2) is 24.0 Å². The van der Waals surface area contributed by atoms with Gasteiger partial charge in [0.05, 0.1) is 0 Å². The van der Waals surface area contributed by atoms with Gasteiger partial charge in [-0.2, -0.15) is 0 Å². The molecule has 2 fully saturated rings. The second-order valence-electron chi connectivity index (χ2n) is 6.09. The van der Waals surface area contributed by atoms with Gasteiger partial charge in [-0.25, -0.2) is 0 Å². The molecule has 104 valence electrons. The molecule has 0 aliphatic carbocycles. The van der Waals surface area contributed by atoms with Crippen molar-refractivity contribution in [3.05, 3.63) is 0 Å². The topological polar surface area (TPSA) is 41.1 Å². The molecule has 2 N–H and O–H groups in total. The van der Waals surface area contributed by atoms with Crippen molar-refractivity contribution in [1.29, 1.82) is 0 Å². The van der Waals surface area contributed by atoms with E-state index in [9.17, 15) is 4.79 Å². The smallest absolute Gasteiger partial charge is 0.223 e. The maximum atomic E-state index is 12.3. The lowest BCUT2D eigenvalue weighted by atomic mass is 9.95. The Morgan fingerprint density at radius 1 is 1.17 bits per heavy atom. The van der Waals surface area contributed by atoms with Crippen molar-refractivity contribution in [3.63, 3.8) is 0 Å². The molecular weight excluding hydrogens is 224 g/mol. The van der Waals surface area contributed by atoms with Gasteiger partial charge in [-0.1, -0.05) is 26.7 Å². The van der Waals surface area contributed by atoms with E-state index in [1.54, 1.807) is 0 Å². The molecule has 2 unspecified atom stereocenters. The van der Waals surface area contributed by atoms with E-state index in [0.717, 1.165) is 38.5 Å². The zero-order chi connectivity index (χ0) is 13.0. The van der Waals surface area contributed by atoms with E-state index in [1.807, 2.05) is 0 Å². The molecule has 2 aliphatic rings. The van der Waals surface area contributed by atoms with E-state index >= 15 is 0 Å². The van der Waals surface area contributed by atoms with Crippen molar-refractivity contribution in [2.45, 2.75) is 83.3 Å². The number of hydrogen-bond donors (Lipinski definition) is 2. The van der Waals surface area contributed by atoms with Crippen LogP contribution in [0.1, 0.15) is 65.2 Å². The molecule has 2 rings (SSSR count). The third-order valence-electron chi connectivity index (χ3n) is 4.46. The highest BCUT2D eigenvalue weighted by molar-refractivity contribution is 5.78. The molecule has 2 atom stereocenters. The third kappa shape index (κ3) is 3.47. The normalized spacial score (nSPS) is 30.7. The van der Waals surface area contributed by atoms with Crippen LogP contribution in [0.2, 0.25) is 0 Å². The quantitative estimate of drug-likeness (QED) is 0.763. The number of fused-ring (bicyclic) bond motifs is 2. The van der Waals surface area contributed by atoms with Gasteiger partial charge in [-0.3, -0.25) is 4.79 Å². The number of carbonyl (C=O) groups is 1. The Morgan fingerprint density at radius 2 is 1.72 bits per heavy atom. The molecule has 3 nitrogen and oxygen atoms in total. The predicted octanol–water partition coefficient (Wildman–Crippen LogP) is 2.60. The number of hydrogen-bond acceptors (Lipinski definition) is 2. The Hall–Kier alpha value is -0.570. The molecular formula is C15H28N2O. The zero-order valence-corrected chi connectivity index (χ0v) is 11.9. The van der Waals surface area contributed by atoms with Crippen LogP contribution in [0.25, 0.3) is 0 Å². The fourth-order valence-corrected chi connectivity index (χ4v) is 3.60. The third-order valence-corrected chi connectivity index (χ3v) is 4.46. The summed E-state index contributed by atoms with van der Waals surface area (Å²) >= 11 is 0. The molecule has 2 aliphatic heterocycles. The lowest BCUT2D eigenvalue weighted by molar-refractivity contribution is -0.126. The average Bonchev–Trinajstić information content (AvgIpc) is 2.68. The summed E-state index contributed by atoms with van der Waals surface area (Å²) in [5.41, 5.74) is 0. The van der Waals surface area contributed by atoms with Gasteiger partial charge in [-0.05, 0) is 38.5 Å². The monoisotopic (exact) mass is 252 g/mol. The number of nitrogens with one attached hydrogen (secondary N) is 2. The lowest BCUT2D eigenvalue weighted by Gasteiger charge is -2.31. The predicted molar refractivity (Wildman–Crippen MR) is 74.4 cm³/mol. The summed E-state index contributed by atoms with van der Waals surface area (Å²) < 4.78 is 0. The molecule has 3 heteroatoms. The minimum Gasteiger partial charge on any atom is -0.353 e. The van der Waals surface area contributed by atoms with Gasteiger partial charge in [0.15, 0.2) is 0 Å². The minimum atomic E-state index is 0.243. The molecule has 0 spiro atoms. The summed E-state index contributed by atoms with van der Waals surface area (Å²) in [7, 11) is 0. The first-order valence-electron chi connectivity index (χ1n) is 7.79. The SMILES string of the molecule is CCCC(CCC)C(=O)NC1CC2CCC(C1)N2. The van der Waals surface area contributed by atoms with Crippen LogP contribution in [-0.2, 0) is 4.79 Å². The standard InChI is InChI=1S/C15H28N2O/c1-3-5-11(6-4-2)15(18)17-14-9-12-7-8-13(10-14)16-12/h11-14,16H,3-10H2,1-2H3,(H,17,18). The van der Waals surface area contributed by atoms with E-state index in [1.165, 1.54) is 12.8 Å². The maximum Gasteiger partial charge on any atom is 0.223 e. The first-order valence-corrected chi connectivity index (χ1v) is 7.79. The summed E-state index contributed by atoms with van der Waals surface area (Å²) in [6.07, 6.45) is 9.15. The van der Waals surface area contributed by atoms with Gasteiger partial charge in [0.25, 0.3) is 0 Å². The van der Waals surface area contributed by atoms with Crippen molar-refractivity contribution >= 4 is 5.91 Å². The first-order chi connectivity index (χ1) is 8.72.